The molecule has 5 nitrogen and oxygen atoms in total. The van der Waals surface area contributed by atoms with Crippen LogP contribution in [0.1, 0.15) is 52.9 Å². The Morgan fingerprint density at radius 1 is 1.35 bits per heavy atom. The Balaban J connectivity index is 4.55. The van der Waals surface area contributed by atoms with E-state index in [1.165, 1.54) is 5.57 Å². The molecule has 5 heteroatoms. The molecule has 0 amide bonds. The van der Waals surface area contributed by atoms with Crippen LogP contribution in [0, 0.1) is 0 Å². The monoisotopic (exact) mass is 282 g/mol. The first-order valence-electron chi connectivity index (χ1n) is 7.43. The highest BCUT2D eigenvalue weighted by molar-refractivity contribution is 5.83. The molecule has 116 valence electrons. The van der Waals surface area contributed by atoms with Gasteiger partial charge in [-0.3, -0.25) is 0 Å². The summed E-state index contributed by atoms with van der Waals surface area (Å²) in [4.78, 5) is 7.83. The predicted octanol–water partition coefficient (Wildman–Crippen LogP) is 2.22. The van der Waals surface area contributed by atoms with E-state index in [1.807, 2.05) is 6.92 Å². The Hall–Kier alpha value is -1.20. The summed E-state index contributed by atoms with van der Waals surface area (Å²) < 4.78 is 0. The molecular weight excluding hydrogens is 252 g/mol. The molecule has 0 spiro atoms. The van der Waals surface area contributed by atoms with Crippen molar-refractivity contribution in [2.24, 2.45) is 15.7 Å². The number of allylic oxidation sites excluding steroid dienone is 1. The van der Waals surface area contributed by atoms with Crippen molar-refractivity contribution in [2.75, 3.05) is 13.1 Å². The fourth-order valence-corrected chi connectivity index (χ4v) is 1.90. The summed E-state index contributed by atoms with van der Waals surface area (Å²) in [6.07, 6.45) is 4.76. The Morgan fingerprint density at radius 3 is 2.60 bits per heavy atom. The molecular formula is C15H30N4O. The molecule has 0 rings (SSSR count). The maximum atomic E-state index is 9.71. The molecule has 0 aromatic carbocycles. The molecule has 0 bridgehead atoms. The van der Waals surface area contributed by atoms with Crippen molar-refractivity contribution >= 4 is 12.7 Å². The molecule has 0 aliphatic rings. The first kappa shape index (κ1) is 18.8. The fourth-order valence-electron chi connectivity index (χ4n) is 1.90. The maximum Gasteiger partial charge on any atom is 0.219 e. The summed E-state index contributed by atoms with van der Waals surface area (Å²) >= 11 is 0. The highest BCUT2D eigenvalue weighted by Gasteiger charge is 2.06. The lowest BCUT2D eigenvalue weighted by atomic mass is 10.1. The molecule has 0 radical (unpaired) electrons. The van der Waals surface area contributed by atoms with Crippen LogP contribution in [0.3, 0.4) is 0 Å². The standard InChI is InChI=1S/C15H30N4O/c1-5-7-9-13(12(3)19-15(16)17-4)10-18-11-14(20)8-6-2/h14,18,20H,4-11H2,1-3H3,(H2,16,19)/b13-12-. The molecule has 0 heterocycles. The normalized spacial score (nSPS) is 14.9. The van der Waals surface area contributed by atoms with E-state index in [4.69, 9.17) is 5.73 Å². The average Bonchev–Trinajstić information content (AvgIpc) is 2.42. The van der Waals surface area contributed by atoms with Gasteiger partial charge in [0.2, 0.25) is 5.96 Å². The SMILES string of the molecule is C=NC(N)=N/C(C)=C(/CCCC)CNCC(O)CCC. The van der Waals surface area contributed by atoms with Gasteiger partial charge in [0.05, 0.1) is 6.10 Å². The lowest BCUT2D eigenvalue weighted by Crippen LogP contribution is -2.28. The third kappa shape index (κ3) is 8.82. The average molecular weight is 282 g/mol. The van der Waals surface area contributed by atoms with E-state index < -0.39 is 0 Å². The third-order valence-electron chi connectivity index (χ3n) is 3.13. The van der Waals surface area contributed by atoms with Gasteiger partial charge in [0.15, 0.2) is 0 Å². The van der Waals surface area contributed by atoms with Crippen molar-refractivity contribution in [3.8, 4) is 0 Å². The van der Waals surface area contributed by atoms with Crippen LogP contribution in [0.15, 0.2) is 21.3 Å². The van der Waals surface area contributed by atoms with Gasteiger partial charge in [-0.25, -0.2) is 9.98 Å². The van der Waals surface area contributed by atoms with Gasteiger partial charge < -0.3 is 16.2 Å². The van der Waals surface area contributed by atoms with E-state index in [9.17, 15) is 5.11 Å². The van der Waals surface area contributed by atoms with E-state index >= 15 is 0 Å². The molecule has 1 atom stereocenters. The van der Waals surface area contributed by atoms with Gasteiger partial charge in [-0.2, -0.15) is 0 Å². The van der Waals surface area contributed by atoms with Gasteiger partial charge >= 0.3 is 0 Å². The van der Waals surface area contributed by atoms with Crippen LogP contribution < -0.4 is 11.1 Å². The Morgan fingerprint density at radius 2 is 2.05 bits per heavy atom. The van der Waals surface area contributed by atoms with Gasteiger partial charge in [0, 0.05) is 18.8 Å². The highest BCUT2D eigenvalue weighted by atomic mass is 16.3. The fraction of sp³-hybridized carbons (Fsp3) is 0.733. The second-order valence-corrected chi connectivity index (χ2v) is 4.99. The maximum absolute atomic E-state index is 9.71. The van der Waals surface area contributed by atoms with E-state index in [0.717, 1.165) is 44.3 Å². The molecule has 0 saturated heterocycles. The Bertz CT molecular complexity index is 337. The quantitative estimate of drug-likeness (QED) is 0.424. The second kappa shape index (κ2) is 11.6. The first-order chi connectivity index (χ1) is 9.54. The van der Waals surface area contributed by atoms with Gasteiger partial charge in [0.1, 0.15) is 0 Å². The summed E-state index contributed by atoms with van der Waals surface area (Å²) in [5.74, 6) is 0.197. The van der Waals surface area contributed by atoms with Crippen molar-refractivity contribution in [2.45, 2.75) is 59.0 Å². The number of nitrogens with zero attached hydrogens (tertiary/aromatic N) is 2. The van der Waals surface area contributed by atoms with Gasteiger partial charge in [-0.1, -0.05) is 26.7 Å². The summed E-state index contributed by atoms with van der Waals surface area (Å²) in [5, 5.41) is 13.0. The predicted molar refractivity (Wildman–Crippen MR) is 87.2 cm³/mol. The number of nitrogens with two attached hydrogens (primary N) is 1. The summed E-state index contributed by atoms with van der Waals surface area (Å²) in [5.41, 5.74) is 7.68. The number of unbranched alkanes of at least 4 members (excludes halogenated alkanes) is 1. The van der Waals surface area contributed by atoms with Gasteiger partial charge in [-0.05, 0) is 38.5 Å². The van der Waals surface area contributed by atoms with E-state index in [2.05, 4.69) is 35.9 Å². The van der Waals surface area contributed by atoms with E-state index in [0.29, 0.717) is 6.54 Å². The molecule has 0 aliphatic heterocycles. The van der Waals surface area contributed by atoms with E-state index in [-0.39, 0.29) is 12.1 Å². The van der Waals surface area contributed by atoms with Crippen LogP contribution in [0.4, 0.5) is 0 Å². The van der Waals surface area contributed by atoms with Gasteiger partial charge in [-0.15, -0.1) is 0 Å². The molecule has 0 aliphatic carbocycles. The minimum absolute atomic E-state index is 0.197. The topological polar surface area (TPSA) is 83.0 Å². The molecule has 20 heavy (non-hydrogen) atoms. The zero-order valence-electron chi connectivity index (χ0n) is 13.2. The third-order valence-corrected chi connectivity index (χ3v) is 3.13. The zero-order chi connectivity index (χ0) is 15.4. The highest BCUT2D eigenvalue weighted by Crippen LogP contribution is 2.13. The molecule has 0 saturated carbocycles. The van der Waals surface area contributed by atoms with Crippen molar-refractivity contribution < 1.29 is 5.11 Å². The number of hydrogen-bond acceptors (Lipinski definition) is 3. The number of aliphatic hydroxyl groups is 1. The molecule has 1 unspecified atom stereocenters. The summed E-state index contributed by atoms with van der Waals surface area (Å²) in [6, 6.07) is 0. The number of aliphatic hydroxyl groups excluding tert-OH is 1. The smallest absolute Gasteiger partial charge is 0.219 e. The van der Waals surface area contributed by atoms with Gasteiger partial charge in [0.25, 0.3) is 0 Å². The minimum atomic E-state index is -0.281. The van der Waals surface area contributed by atoms with Crippen LogP contribution in [-0.2, 0) is 0 Å². The van der Waals surface area contributed by atoms with Crippen LogP contribution in [0.5, 0.6) is 0 Å². The van der Waals surface area contributed by atoms with Crippen LogP contribution >= 0.6 is 0 Å². The van der Waals surface area contributed by atoms with E-state index in [1.54, 1.807) is 0 Å². The van der Waals surface area contributed by atoms with Crippen molar-refractivity contribution in [1.29, 1.82) is 0 Å². The molecule has 4 N–H and O–H groups in total. The number of hydrogen-bond donors (Lipinski definition) is 3. The van der Waals surface area contributed by atoms with Crippen molar-refractivity contribution in [3.63, 3.8) is 0 Å². The van der Waals surface area contributed by atoms with Crippen molar-refractivity contribution in [1.82, 2.24) is 5.32 Å². The Labute approximate surface area is 123 Å². The lowest BCUT2D eigenvalue weighted by Gasteiger charge is -2.14. The number of guanidine groups is 1. The van der Waals surface area contributed by atoms with Crippen LogP contribution in [0.2, 0.25) is 0 Å². The lowest BCUT2D eigenvalue weighted by molar-refractivity contribution is 0.162. The Kier molecular flexibility index (Phi) is 10.9. The molecule has 0 fully saturated rings. The van der Waals surface area contributed by atoms with Crippen LogP contribution in [0.25, 0.3) is 0 Å². The summed E-state index contributed by atoms with van der Waals surface area (Å²) in [7, 11) is 0. The molecule has 0 aromatic heterocycles. The van der Waals surface area contributed by atoms with Crippen LogP contribution in [-0.4, -0.2) is 37.0 Å². The first-order valence-corrected chi connectivity index (χ1v) is 7.43. The largest absolute Gasteiger partial charge is 0.392 e. The van der Waals surface area contributed by atoms with Crippen molar-refractivity contribution in [3.05, 3.63) is 11.3 Å². The summed E-state index contributed by atoms with van der Waals surface area (Å²) in [6.45, 7) is 10.9. The second-order valence-electron chi connectivity index (χ2n) is 4.99. The number of rotatable bonds is 10. The zero-order valence-corrected chi connectivity index (χ0v) is 13.2. The number of aliphatic imine (C=N–C) groups is 2. The molecule has 0 aromatic rings. The minimum Gasteiger partial charge on any atom is -0.392 e. The number of nitrogens with one attached hydrogen (secondary N) is 1.